The van der Waals surface area contributed by atoms with Crippen molar-refractivity contribution in [3.05, 3.63) is 53.6 Å². The lowest BCUT2D eigenvalue weighted by Gasteiger charge is -2.10. The van der Waals surface area contributed by atoms with Crippen molar-refractivity contribution in [3.8, 4) is 23.1 Å². The number of aromatic nitrogens is 1. The molecule has 0 aliphatic heterocycles. The molecule has 0 radical (unpaired) electrons. The minimum absolute atomic E-state index is 0.0969. The van der Waals surface area contributed by atoms with Crippen molar-refractivity contribution in [2.24, 2.45) is 0 Å². The zero-order chi connectivity index (χ0) is 18.7. The van der Waals surface area contributed by atoms with Crippen LogP contribution in [0.4, 0.5) is 0 Å². The van der Waals surface area contributed by atoms with E-state index >= 15 is 0 Å². The van der Waals surface area contributed by atoms with Crippen molar-refractivity contribution in [3.63, 3.8) is 0 Å². The van der Waals surface area contributed by atoms with Crippen LogP contribution in [-0.4, -0.2) is 24.1 Å². The molecule has 0 bridgehead atoms. The average Bonchev–Trinajstić information content (AvgIpc) is 3.00. The van der Waals surface area contributed by atoms with E-state index in [2.05, 4.69) is 16.0 Å². The van der Waals surface area contributed by atoms with Gasteiger partial charge in [0.05, 0.1) is 23.9 Å². The average molecular weight is 347 g/mol. The van der Waals surface area contributed by atoms with Crippen LogP contribution in [0.3, 0.4) is 0 Å². The van der Waals surface area contributed by atoms with Crippen LogP contribution in [0.15, 0.2) is 42.5 Å². The number of carbonyl (C=O) groups is 1. The highest BCUT2D eigenvalue weighted by atomic mass is 16.5. The molecule has 0 saturated carbocycles. The number of aryl methyl sites for hydroxylation is 1. The van der Waals surface area contributed by atoms with Crippen LogP contribution in [0.2, 0.25) is 0 Å². The summed E-state index contributed by atoms with van der Waals surface area (Å²) in [5.74, 6) is 0.660. The van der Waals surface area contributed by atoms with Crippen LogP contribution in [0.5, 0.6) is 5.75 Å². The van der Waals surface area contributed by atoms with E-state index < -0.39 is 0 Å². The van der Waals surface area contributed by atoms with Gasteiger partial charge in [0.1, 0.15) is 11.8 Å². The Kier molecular flexibility index (Phi) is 4.94. The van der Waals surface area contributed by atoms with Gasteiger partial charge in [-0.05, 0) is 43.7 Å². The number of hydrogen-bond acceptors (Lipinski definition) is 3. The summed E-state index contributed by atoms with van der Waals surface area (Å²) in [6, 6.07) is 15.5. The lowest BCUT2D eigenvalue weighted by Crippen LogP contribution is -2.22. The molecule has 3 aromatic rings. The van der Waals surface area contributed by atoms with Gasteiger partial charge in [0, 0.05) is 30.1 Å². The Morgan fingerprint density at radius 3 is 2.50 bits per heavy atom. The Balaban J connectivity index is 2.18. The van der Waals surface area contributed by atoms with Gasteiger partial charge in [-0.2, -0.15) is 5.26 Å². The molecular formula is C21H21N3O2. The molecule has 0 aliphatic rings. The summed E-state index contributed by atoms with van der Waals surface area (Å²) in [7, 11) is 1.63. The third-order valence-electron chi connectivity index (χ3n) is 4.46. The molecule has 1 amide bonds. The highest BCUT2D eigenvalue weighted by Gasteiger charge is 2.18. The summed E-state index contributed by atoms with van der Waals surface area (Å²) in [5, 5.41) is 13.5. The highest BCUT2D eigenvalue weighted by Crippen LogP contribution is 2.35. The molecule has 0 aliphatic carbocycles. The first-order chi connectivity index (χ1) is 12.6. The third kappa shape index (κ3) is 2.91. The summed E-state index contributed by atoms with van der Waals surface area (Å²) in [5.41, 5.74) is 3.98. The maximum Gasteiger partial charge on any atom is 0.251 e. The van der Waals surface area contributed by atoms with Crippen LogP contribution in [0.1, 0.15) is 29.8 Å². The number of benzene rings is 2. The first kappa shape index (κ1) is 17.6. The molecule has 1 N–H and O–H groups in total. The number of amides is 1. The molecule has 5 nitrogen and oxygen atoms in total. The maximum atomic E-state index is 12.0. The van der Waals surface area contributed by atoms with Gasteiger partial charge in [0.15, 0.2) is 0 Å². The topological polar surface area (TPSA) is 67.1 Å². The summed E-state index contributed by atoms with van der Waals surface area (Å²) in [6.07, 6.45) is 0. The standard InChI is InChI=1S/C21H21N3O2/c1-4-23-21(25)15-8-6-14(7-9-15)20-18(13-22)17-11-10-16(26-3)12-19(17)24(20)5-2/h6-12H,4-5H2,1-3H3,(H,23,25). The van der Waals surface area contributed by atoms with Crippen LogP contribution in [0.25, 0.3) is 22.2 Å². The van der Waals surface area contributed by atoms with Crippen LogP contribution < -0.4 is 10.1 Å². The van der Waals surface area contributed by atoms with Gasteiger partial charge in [-0.15, -0.1) is 0 Å². The smallest absolute Gasteiger partial charge is 0.251 e. The van der Waals surface area contributed by atoms with E-state index in [0.29, 0.717) is 17.7 Å². The van der Waals surface area contributed by atoms with E-state index in [1.165, 1.54) is 0 Å². The fourth-order valence-corrected chi connectivity index (χ4v) is 3.24. The Morgan fingerprint density at radius 1 is 1.19 bits per heavy atom. The normalized spacial score (nSPS) is 10.5. The van der Waals surface area contributed by atoms with E-state index in [1.807, 2.05) is 44.2 Å². The first-order valence-corrected chi connectivity index (χ1v) is 8.63. The van der Waals surface area contributed by atoms with Crippen molar-refractivity contribution in [1.29, 1.82) is 5.26 Å². The van der Waals surface area contributed by atoms with Gasteiger partial charge in [-0.25, -0.2) is 0 Å². The van der Waals surface area contributed by atoms with Gasteiger partial charge < -0.3 is 14.6 Å². The molecule has 0 fully saturated rings. The van der Waals surface area contributed by atoms with E-state index in [1.54, 1.807) is 19.2 Å². The number of methoxy groups -OCH3 is 1. The molecular weight excluding hydrogens is 326 g/mol. The minimum atomic E-state index is -0.0969. The Labute approximate surface area is 152 Å². The summed E-state index contributed by atoms with van der Waals surface area (Å²) in [6.45, 7) is 5.25. The first-order valence-electron chi connectivity index (χ1n) is 8.63. The Morgan fingerprint density at radius 2 is 1.92 bits per heavy atom. The summed E-state index contributed by atoms with van der Waals surface area (Å²) in [4.78, 5) is 12.0. The van der Waals surface area contributed by atoms with Gasteiger partial charge in [0.25, 0.3) is 5.91 Å². The molecule has 1 heterocycles. The fourth-order valence-electron chi connectivity index (χ4n) is 3.24. The quantitative estimate of drug-likeness (QED) is 0.760. The van der Waals surface area contributed by atoms with Crippen LogP contribution in [0, 0.1) is 11.3 Å². The van der Waals surface area contributed by atoms with Gasteiger partial charge in [-0.1, -0.05) is 12.1 Å². The molecule has 0 atom stereocenters. The second-order valence-electron chi connectivity index (χ2n) is 5.90. The molecule has 26 heavy (non-hydrogen) atoms. The van der Waals surface area contributed by atoms with Crippen molar-refractivity contribution in [1.82, 2.24) is 9.88 Å². The minimum Gasteiger partial charge on any atom is -0.497 e. The predicted octanol–water partition coefficient (Wildman–Crippen LogP) is 3.96. The molecule has 132 valence electrons. The zero-order valence-electron chi connectivity index (χ0n) is 15.2. The van der Waals surface area contributed by atoms with E-state index in [0.717, 1.165) is 34.5 Å². The third-order valence-corrected chi connectivity index (χ3v) is 4.46. The van der Waals surface area contributed by atoms with Crippen molar-refractivity contribution < 1.29 is 9.53 Å². The van der Waals surface area contributed by atoms with E-state index in [4.69, 9.17) is 4.74 Å². The van der Waals surface area contributed by atoms with Crippen molar-refractivity contribution >= 4 is 16.8 Å². The number of nitrogens with zero attached hydrogens (tertiary/aromatic N) is 2. The largest absolute Gasteiger partial charge is 0.497 e. The molecule has 0 saturated heterocycles. The Bertz CT molecular complexity index is 995. The van der Waals surface area contributed by atoms with Crippen molar-refractivity contribution in [2.75, 3.05) is 13.7 Å². The van der Waals surface area contributed by atoms with E-state index in [-0.39, 0.29) is 5.91 Å². The molecule has 3 rings (SSSR count). The summed E-state index contributed by atoms with van der Waals surface area (Å²) >= 11 is 0. The predicted molar refractivity (Wildman–Crippen MR) is 102 cm³/mol. The van der Waals surface area contributed by atoms with Crippen LogP contribution in [-0.2, 0) is 6.54 Å². The second-order valence-corrected chi connectivity index (χ2v) is 5.90. The van der Waals surface area contributed by atoms with E-state index in [9.17, 15) is 10.1 Å². The fraction of sp³-hybridized carbons (Fsp3) is 0.238. The molecule has 1 aromatic heterocycles. The number of hydrogen-bond donors (Lipinski definition) is 1. The number of nitriles is 1. The van der Waals surface area contributed by atoms with Crippen LogP contribution >= 0.6 is 0 Å². The number of fused-ring (bicyclic) bond motifs is 1. The number of carbonyl (C=O) groups excluding carboxylic acids is 1. The number of ether oxygens (including phenoxy) is 1. The van der Waals surface area contributed by atoms with Gasteiger partial charge in [0.2, 0.25) is 0 Å². The SMILES string of the molecule is CCNC(=O)c1ccc(-c2c(C#N)c3ccc(OC)cc3n2CC)cc1. The number of nitrogens with one attached hydrogen (secondary N) is 1. The second kappa shape index (κ2) is 7.32. The monoisotopic (exact) mass is 347 g/mol. The molecule has 2 aromatic carbocycles. The lowest BCUT2D eigenvalue weighted by atomic mass is 10.0. The maximum absolute atomic E-state index is 12.0. The number of rotatable bonds is 5. The molecule has 0 unspecified atom stereocenters. The highest BCUT2D eigenvalue weighted by molar-refractivity contribution is 5.97. The van der Waals surface area contributed by atoms with Crippen molar-refractivity contribution in [2.45, 2.75) is 20.4 Å². The zero-order valence-corrected chi connectivity index (χ0v) is 15.2. The molecule has 0 spiro atoms. The summed E-state index contributed by atoms with van der Waals surface area (Å²) < 4.78 is 7.44. The molecule has 5 heteroatoms. The van der Waals surface area contributed by atoms with Gasteiger partial charge >= 0.3 is 0 Å². The Hall–Kier alpha value is -3.26. The van der Waals surface area contributed by atoms with Gasteiger partial charge in [-0.3, -0.25) is 4.79 Å². The lowest BCUT2D eigenvalue weighted by molar-refractivity contribution is 0.0956.